The van der Waals surface area contributed by atoms with E-state index in [4.69, 9.17) is 22.1 Å². The maximum Gasteiger partial charge on any atom is 0.327 e. The van der Waals surface area contributed by atoms with Crippen molar-refractivity contribution < 1.29 is 9.53 Å². The van der Waals surface area contributed by atoms with E-state index in [1.807, 2.05) is 24.3 Å². The molecule has 3 nitrogen and oxygen atoms in total. The zero-order valence-electron chi connectivity index (χ0n) is 10.2. The fourth-order valence-corrected chi connectivity index (χ4v) is 3.32. The molecule has 1 saturated carbocycles. The van der Waals surface area contributed by atoms with E-state index in [0.29, 0.717) is 10.8 Å². The summed E-state index contributed by atoms with van der Waals surface area (Å²) in [4.78, 5) is 12.8. The van der Waals surface area contributed by atoms with Crippen molar-refractivity contribution in [3.8, 4) is 0 Å². The van der Waals surface area contributed by atoms with Gasteiger partial charge in [0.05, 0.1) is 12.1 Å². The number of nitrogens with two attached hydrogens (primary N) is 1. The Morgan fingerprint density at radius 1 is 1.56 bits per heavy atom. The van der Waals surface area contributed by atoms with Crippen molar-refractivity contribution >= 4 is 29.3 Å². The Hall–Kier alpha value is -0.710. The van der Waals surface area contributed by atoms with Crippen LogP contribution in [-0.4, -0.2) is 24.4 Å². The normalized spacial score (nSPS) is 18.2. The monoisotopic (exact) mass is 285 g/mol. The fraction of sp³-hybridized carbons (Fsp3) is 0.462. The van der Waals surface area contributed by atoms with Crippen molar-refractivity contribution in [3.63, 3.8) is 0 Å². The Morgan fingerprint density at radius 2 is 2.22 bits per heavy atom. The van der Waals surface area contributed by atoms with Crippen LogP contribution in [0.15, 0.2) is 29.2 Å². The maximum absolute atomic E-state index is 11.8. The number of carbonyl (C=O) groups excluding carboxylic acids is 1. The summed E-state index contributed by atoms with van der Waals surface area (Å²) in [7, 11) is 1.38. The van der Waals surface area contributed by atoms with Gasteiger partial charge in [0, 0.05) is 10.6 Å². The third kappa shape index (κ3) is 2.82. The Balaban J connectivity index is 2.07. The molecule has 5 heteroatoms. The van der Waals surface area contributed by atoms with Gasteiger partial charge in [-0.05, 0) is 30.9 Å². The van der Waals surface area contributed by atoms with Gasteiger partial charge in [-0.15, -0.1) is 11.8 Å². The minimum Gasteiger partial charge on any atom is -0.468 e. The summed E-state index contributed by atoms with van der Waals surface area (Å²) < 4.78 is 4.83. The number of hydrogen-bond donors (Lipinski definition) is 1. The third-order valence-corrected chi connectivity index (χ3v) is 4.91. The first kappa shape index (κ1) is 13.7. The molecular weight excluding hydrogens is 270 g/mol. The highest BCUT2D eigenvalue weighted by atomic mass is 35.5. The zero-order chi connectivity index (χ0) is 13.2. The van der Waals surface area contributed by atoms with E-state index in [9.17, 15) is 4.79 Å². The minimum atomic E-state index is -0.890. The van der Waals surface area contributed by atoms with E-state index in [1.54, 1.807) is 0 Å². The van der Waals surface area contributed by atoms with Crippen LogP contribution in [0.2, 0.25) is 5.02 Å². The molecule has 1 fully saturated rings. The number of halogens is 1. The smallest absolute Gasteiger partial charge is 0.327 e. The Bertz CT molecular complexity index is 450. The molecule has 1 unspecified atom stereocenters. The molecule has 0 spiro atoms. The van der Waals surface area contributed by atoms with Gasteiger partial charge < -0.3 is 10.5 Å². The molecule has 0 saturated heterocycles. The fourth-order valence-electron chi connectivity index (χ4n) is 1.89. The van der Waals surface area contributed by atoms with E-state index >= 15 is 0 Å². The highest BCUT2D eigenvalue weighted by molar-refractivity contribution is 7.99. The quantitative estimate of drug-likeness (QED) is 0.668. The summed E-state index contributed by atoms with van der Waals surface area (Å²) in [6.07, 6.45) is 1.99. The molecule has 98 valence electrons. The van der Waals surface area contributed by atoms with Crippen molar-refractivity contribution in [1.82, 2.24) is 0 Å². The summed E-state index contributed by atoms with van der Waals surface area (Å²) in [5, 5.41) is 0.686. The summed E-state index contributed by atoms with van der Waals surface area (Å²) in [5.74, 6) is 0.401. The molecule has 0 aliphatic heterocycles. The molecule has 0 radical (unpaired) electrons. The van der Waals surface area contributed by atoms with Crippen LogP contribution in [0.5, 0.6) is 0 Å². The molecule has 0 bridgehead atoms. The first-order valence-corrected chi connectivity index (χ1v) is 7.19. The summed E-state index contributed by atoms with van der Waals surface area (Å²) >= 11 is 7.59. The molecule has 1 aliphatic carbocycles. The summed E-state index contributed by atoms with van der Waals surface area (Å²) in [6, 6.07) is 7.56. The lowest BCUT2D eigenvalue weighted by Crippen LogP contribution is -2.53. The maximum atomic E-state index is 11.8. The zero-order valence-corrected chi connectivity index (χ0v) is 11.8. The van der Waals surface area contributed by atoms with Crippen LogP contribution in [-0.2, 0) is 9.53 Å². The average molecular weight is 286 g/mol. The predicted octanol–water partition coefficient (Wildman–Crippen LogP) is 2.71. The lowest BCUT2D eigenvalue weighted by atomic mass is 9.97. The third-order valence-electron chi connectivity index (χ3n) is 3.17. The van der Waals surface area contributed by atoms with Crippen LogP contribution in [0.1, 0.15) is 12.8 Å². The van der Waals surface area contributed by atoms with Crippen molar-refractivity contribution in [2.45, 2.75) is 23.3 Å². The van der Waals surface area contributed by atoms with Crippen LogP contribution in [0.3, 0.4) is 0 Å². The van der Waals surface area contributed by atoms with Crippen LogP contribution in [0.4, 0.5) is 0 Å². The van der Waals surface area contributed by atoms with Crippen molar-refractivity contribution in [2.75, 3.05) is 12.9 Å². The van der Waals surface area contributed by atoms with Gasteiger partial charge in [0.25, 0.3) is 0 Å². The standard InChI is InChI=1S/C13H16ClNO2S/c1-17-12(16)13(15,9-6-7-9)8-18-11-5-3-2-4-10(11)14/h2-5,9H,6-8,15H2,1H3. The molecule has 0 heterocycles. The number of hydrogen-bond acceptors (Lipinski definition) is 4. The van der Waals surface area contributed by atoms with Crippen molar-refractivity contribution in [1.29, 1.82) is 0 Å². The van der Waals surface area contributed by atoms with Gasteiger partial charge in [-0.1, -0.05) is 23.7 Å². The molecule has 2 N–H and O–H groups in total. The van der Waals surface area contributed by atoms with Gasteiger partial charge in [-0.25, -0.2) is 0 Å². The van der Waals surface area contributed by atoms with E-state index in [0.717, 1.165) is 17.7 Å². The lowest BCUT2D eigenvalue weighted by Gasteiger charge is -2.26. The molecule has 0 amide bonds. The van der Waals surface area contributed by atoms with Crippen LogP contribution in [0, 0.1) is 5.92 Å². The highest BCUT2D eigenvalue weighted by Gasteiger charge is 2.48. The molecule has 1 aromatic carbocycles. The second-order valence-electron chi connectivity index (χ2n) is 4.53. The molecule has 0 aromatic heterocycles. The number of rotatable bonds is 5. The Kier molecular flexibility index (Phi) is 4.20. The second-order valence-corrected chi connectivity index (χ2v) is 5.95. The number of thioether (sulfide) groups is 1. The minimum absolute atomic E-state index is 0.236. The van der Waals surface area contributed by atoms with E-state index in [-0.39, 0.29) is 11.9 Å². The molecular formula is C13H16ClNO2S. The summed E-state index contributed by atoms with van der Waals surface area (Å²) in [5.41, 5.74) is 5.33. The SMILES string of the molecule is COC(=O)C(N)(CSc1ccccc1Cl)C1CC1. The van der Waals surface area contributed by atoms with E-state index in [1.165, 1.54) is 18.9 Å². The number of esters is 1. The number of carbonyl (C=O) groups is 1. The van der Waals surface area contributed by atoms with Gasteiger partial charge in [-0.2, -0.15) is 0 Å². The van der Waals surface area contributed by atoms with Crippen molar-refractivity contribution in [3.05, 3.63) is 29.3 Å². The Morgan fingerprint density at radius 3 is 2.78 bits per heavy atom. The van der Waals surface area contributed by atoms with Crippen LogP contribution >= 0.6 is 23.4 Å². The first-order chi connectivity index (χ1) is 8.58. The van der Waals surface area contributed by atoms with Crippen LogP contribution in [0.25, 0.3) is 0 Å². The molecule has 1 atom stereocenters. The number of methoxy groups -OCH3 is 1. The highest BCUT2D eigenvalue weighted by Crippen LogP contribution is 2.42. The Labute approximate surface area is 116 Å². The van der Waals surface area contributed by atoms with Gasteiger partial charge >= 0.3 is 5.97 Å². The molecule has 1 aromatic rings. The van der Waals surface area contributed by atoms with Gasteiger partial charge in [-0.3, -0.25) is 4.79 Å². The number of benzene rings is 1. The van der Waals surface area contributed by atoms with Gasteiger partial charge in [0.1, 0.15) is 5.54 Å². The van der Waals surface area contributed by atoms with E-state index < -0.39 is 5.54 Å². The average Bonchev–Trinajstić information content (AvgIpc) is 3.21. The lowest BCUT2D eigenvalue weighted by molar-refractivity contribution is -0.146. The predicted molar refractivity (Wildman–Crippen MR) is 73.8 cm³/mol. The second kappa shape index (κ2) is 5.51. The molecule has 2 rings (SSSR count). The largest absolute Gasteiger partial charge is 0.468 e. The van der Waals surface area contributed by atoms with Gasteiger partial charge in [0.15, 0.2) is 0 Å². The van der Waals surface area contributed by atoms with Gasteiger partial charge in [0.2, 0.25) is 0 Å². The number of ether oxygens (including phenoxy) is 1. The topological polar surface area (TPSA) is 52.3 Å². The molecule has 18 heavy (non-hydrogen) atoms. The molecule has 1 aliphatic rings. The van der Waals surface area contributed by atoms with Crippen LogP contribution < -0.4 is 5.73 Å². The summed E-state index contributed by atoms with van der Waals surface area (Å²) in [6.45, 7) is 0. The van der Waals surface area contributed by atoms with E-state index in [2.05, 4.69) is 0 Å². The first-order valence-electron chi connectivity index (χ1n) is 5.82. The van der Waals surface area contributed by atoms with Crippen molar-refractivity contribution in [2.24, 2.45) is 11.7 Å².